The second kappa shape index (κ2) is 8.10. The van der Waals surface area contributed by atoms with Crippen molar-refractivity contribution in [2.45, 2.75) is 6.54 Å². The topological polar surface area (TPSA) is 66.0 Å². The van der Waals surface area contributed by atoms with Gasteiger partial charge in [-0.15, -0.1) is 0 Å². The van der Waals surface area contributed by atoms with Gasteiger partial charge in [0, 0.05) is 18.2 Å². The molecule has 1 amide bonds. The molecular weight excluding hydrogens is 310 g/mol. The van der Waals surface area contributed by atoms with Gasteiger partial charge in [0.25, 0.3) is 5.91 Å². The zero-order chi connectivity index (χ0) is 17.5. The lowest BCUT2D eigenvalue weighted by atomic mass is 10.1. The maximum absolute atomic E-state index is 12.4. The van der Waals surface area contributed by atoms with Crippen LogP contribution in [0, 0.1) is 0 Å². The maximum Gasteiger partial charge on any atom is 0.255 e. The Kier molecular flexibility index (Phi) is 5.89. The minimum atomic E-state index is -0.232. The summed E-state index contributed by atoms with van der Waals surface area (Å²) < 4.78 is 21.1. The summed E-state index contributed by atoms with van der Waals surface area (Å²) in [5.41, 5.74) is 1.25. The SMILES string of the molecule is COc1cc(OC)c(OC)cc1CNC(=O)c1ccccc1OC. The van der Waals surface area contributed by atoms with Crippen LogP contribution in [-0.4, -0.2) is 34.3 Å². The monoisotopic (exact) mass is 331 g/mol. The number of carbonyl (C=O) groups is 1. The molecule has 6 heteroatoms. The van der Waals surface area contributed by atoms with Crippen molar-refractivity contribution in [1.82, 2.24) is 5.32 Å². The highest BCUT2D eigenvalue weighted by molar-refractivity contribution is 5.96. The molecular formula is C18H21NO5. The summed E-state index contributed by atoms with van der Waals surface area (Å²) in [6.45, 7) is 0.278. The minimum Gasteiger partial charge on any atom is -0.496 e. The Labute approximate surface area is 141 Å². The van der Waals surface area contributed by atoms with Gasteiger partial charge in [-0.2, -0.15) is 0 Å². The summed E-state index contributed by atoms with van der Waals surface area (Å²) in [6.07, 6.45) is 0. The number of hydrogen-bond acceptors (Lipinski definition) is 5. The largest absolute Gasteiger partial charge is 0.496 e. The van der Waals surface area contributed by atoms with Gasteiger partial charge in [-0.05, 0) is 18.2 Å². The van der Waals surface area contributed by atoms with E-state index in [9.17, 15) is 4.79 Å². The maximum atomic E-state index is 12.4. The third kappa shape index (κ3) is 3.71. The molecule has 0 aromatic heterocycles. The average molecular weight is 331 g/mol. The van der Waals surface area contributed by atoms with Gasteiger partial charge < -0.3 is 24.3 Å². The summed E-state index contributed by atoms with van der Waals surface area (Å²) in [7, 11) is 6.21. The molecule has 2 rings (SSSR count). The normalized spacial score (nSPS) is 10.0. The average Bonchev–Trinajstić information content (AvgIpc) is 2.65. The molecule has 128 valence electrons. The van der Waals surface area contributed by atoms with Crippen molar-refractivity contribution in [3.63, 3.8) is 0 Å². The van der Waals surface area contributed by atoms with Crippen LogP contribution in [0.15, 0.2) is 36.4 Å². The fourth-order valence-corrected chi connectivity index (χ4v) is 2.33. The number of nitrogens with one attached hydrogen (secondary N) is 1. The Hall–Kier alpha value is -2.89. The number of amides is 1. The molecule has 0 fully saturated rings. The van der Waals surface area contributed by atoms with Gasteiger partial charge in [-0.25, -0.2) is 0 Å². The third-order valence-corrected chi connectivity index (χ3v) is 3.58. The molecule has 0 aliphatic carbocycles. The highest BCUT2D eigenvalue weighted by atomic mass is 16.5. The second-order valence-electron chi connectivity index (χ2n) is 4.90. The van der Waals surface area contributed by atoms with Crippen LogP contribution in [0.4, 0.5) is 0 Å². The van der Waals surface area contributed by atoms with E-state index in [-0.39, 0.29) is 12.5 Å². The van der Waals surface area contributed by atoms with Gasteiger partial charge >= 0.3 is 0 Å². The third-order valence-electron chi connectivity index (χ3n) is 3.58. The second-order valence-corrected chi connectivity index (χ2v) is 4.90. The molecule has 0 aliphatic heterocycles. The van der Waals surface area contributed by atoms with Crippen LogP contribution in [0.25, 0.3) is 0 Å². The molecule has 0 heterocycles. The van der Waals surface area contributed by atoms with E-state index < -0.39 is 0 Å². The van der Waals surface area contributed by atoms with Gasteiger partial charge in [0.1, 0.15) is 11.5 Å². The lowest BCUT2D eigenvalue weighted by molar-refractivity contribution is 0.0947. The molecule has 0 atom stereocenters. The summed E-state index contributed by atoms with van der Waals surface area (Å²) in [5.74, 6) is 2.03. The number of benzene rings is 2. The van der Waals surface area contributed by atoms with Crippen LogP contribution in [0.3, 0.4) is 0 Å². The molecule has 2 aromatic rings. The number of para-hydroxylation sites is 1. The minimum absolute atomic E-state index is 0.232. The first kappa shape index (κ1) is 17.5. The molecule has 0 aliphatic rings. The fourth-order valence-electron chi connectivity index (χ4n) is 2.33. The summed E-state index contributed by atoms with van der Waals surface area (Å²) >= 11 is 0. The zero-order valence-corrected chi connectivity index (χ0v) is 14.2. The standard InChI is InChI=1S/C18H21NO5/c1-21-14-8-6-5-7-13(14)18(20)19-11-12-9-16(23-3)17(24-4)10-15(12)22-2/h5-10H,11H2,1-4H3,(H,19,20). The quantitative estimate of drug-likeness (QED) is 0.845. The molecule has 0 radical (unpaired) electrons. The molecule has 2 aromatic carbocycles. The van der Waals surface area contributed by atoms with Crippen molar-refractivity contribution in [2.24, 2.45) is 0 Å². The molecule has 24 heavy (non-hydrogen) atoms. The highest BCUT2D eigenvalue weighted by Gasteiger charge is 2.15. The van der Waals surface area contributed by atoms with E-state index in [1.807, 2.05) is 6.07 Å². The Morgan fingerprint density at radius 2 is 1.42 bits per heavy atom. The van der Waals surface area contributed by atoms with E-state index in [4.69, 9.17) is 18.9 Å². The Bertz CT molecular complexity index is 715. The number of ether oxygens (including phenoxy) is 4. The van der Waals surface area contributed by atoms with Crippen molar-refractivity contribution >= 4 is 5.91 Å². The molecule has 0 bridgehead atoms. The lowest BCUT2D eigenvalue weighted by Crippen LogP contribution is -2.23. The van der Waals surface area contributed by atoms with Crippen LogP contribution in [0.5, 0.6) is 23.0 Å². The van der Waals surface area contributed by atoms with E-state index >= 15 is 0 Å². The first-order valence-corrected chi connectivity index (χ1v) is 7.34. The number of hydrogen-bond donors (Lipinski definition) is 1. The fraction of sp³-hybridized carbons (Fsp3) is 0.278. The van der Waals surface area contributed by atoms with Crippen molar-refractivity contribution in [3.8, 4) is 23.0 Å². The Morgan fingerprint density at radius 3 is 2.04 bits per heavy atom. The first-order valence-electron chi connectivity index (χ1n) is 7.34. The van der Waals surface area contributed by atoms with Gasteiger partial charge in [0.05, 0.1) is 34.0 Å². The van der Waals surface area contributed by atoms with Crippen LogP contribution < -0.4 is 24.3 Å². The van der Waals surface area contributed by atoms with Crippen molar-refractivity contribution in [2.75, 3.05) is 28.4 Å². The molecule has 1 N–H and O–H groups in total. The molecule has 0 spiro atoms. The summed E-state index contributed by atoms with van der Waals surface area (Å²) in [6, 6.07) is 10.6. The summed E-state index contributed by atoms with van der Waals surface area (Å²) in [4.78, 5) is 12.4. The highest BCUT2D eigenvalue weighted by Crippen LogP contribution is 2.34. The van der Waals surface area contributed by atoms with E-state index in [2.05, 4.69) is 5.32 Å². The van der Waals surface area contributed by atoms with Gasteiger partial charge in [-0.3, -0.25) is 4.79 Å². The van der Waals surface area contributed by atoms with E-state index in [0.29, 0.717) is 28.6 Å². The summed E-state index contributed by atoms with van der Waals surface area (Å²) in [5, 5.41) is 2.86. The predicted molar refractivity (Wildman–Crippen MR) is 90.3 cm³/mol. The van der Waals surface area contributed by atoms with Gasteiger partial charge in [0.2, 0.25) is 0 Å². The Morgan fingerprint density at radius 1 is 0.833 bits per heavy atom. The van der Waals surface area contributed by atoms with Gasteiger partial charge in [-0.1, -0.05) is 12.1 Å². The van der Waals surface area contributed by atoms with Crippen LogP contribution in [-0.2, 0) is 6.54 Å². The molecule has 6 nitrogen and oxygen atoms in total. The van der Waals surface area contributed by atoms with Crippen molar-refractivity contribution in [1.29, 1.82) is 0 Å². The van der Waals surface area contributed by atoms with Crippen LogP contribution >= 0.6 is 0 Å². The van der Waals surface area contributed by atoms with Crippen LogP contribution in [0.2, 0.25) is 0 Å². The zero-order valence-electron chi connectivity index (χ0n) is 14.2. The van der Waals surface area contributed by atoms with Crippen molar-refractivity contribution in [3.05, 3.63) is 47.5 Å². The van der Waals surface area contributed by atoms with E-state index in [0.717, 1.165) is 5.56 Å². The molecule has 0 saturated heterocycles. The predicted octanol–water partition coefficient (Wildman–Crippen LogP) is 2.65. The number of rotatable bonds is 7. The van der Waals surface area contributed by atoms with Gasteiger partial charge in [0.15, 0.2) is 11.5 Å². The molecule has 0 unspecified atom stereocenters. The molecule has 0 saturated carbocycles. The van der Waals surface area contributed by atoms with E-state index in [1.54, 1.807) is 51.7 Å². The smallest absolute Gasteiger partial charge is 0.255 e. The first-order chi connectivity index (χ1) is 11.6. The lowest BCUT2D eigenvalue weighted by Gasteiger charge is -2.15. The van der Waals surface area contributed by atoms with Crippen LogP contribution in [0.1, 0.15) is 15.9 Å². The van der Waals surface area contributed by atoms with E-state index in [1.165, 1.54) is 7.11 Å². The Balaban J connectivity index is 2.20. The number of carbonyl (C=O) groups excluding carboxylic acids is 1. The number of methoxy groups -OCH3 is 4. The van der Waals surface area contributed by atoms with Crippen molar-refractivity contribution < 1.29 is 23.7 Å².